The zero-order chi connectivity index (χ0) is 19.9. The number of nitrogens with zero attached hydrogens (tertiary/aromatic N) is 2. The Labute approximate surface area is 161 Å². The maximum atomic E-state index is 13.4. The van der Waals surface area contributed by atoms with Gasteiger partial charge in [-0.1, -0.05) is 24.3 Å². The third-order valence-corrected chi connectivity index (χ3v) is 6.21. The molecule has 0 fully saturated rings. The highest BCUT2D eigenvalue weighted by molar-refractivity contribution is 7.92. The Balaban J connectivity index is 2.02. The second-order valence-electron chi connectivity index (χ2n) is 7.47. The van der Waals surface area contributed by atoms with Gasteiger partial charge in [-0.3, -0.25) is 9.10 Å². The van der Waals surface area contributed by atoms with Crippen molar-refractivity contribution in [3.63, 3.8) is 0 Å². The van der Waals surface area contributed by atoms with Crippen LogP contribution in [0.2, 0.25) is 0 Å². The van der Waals surface area contributed by atoms with Gasteiger partial charge in [0.25, 0.3) is 5.91 Å². The second kappa shape index (κ2) is 7.00. The molecule has 0 radical (unpaired) electrons. The molecular formula is C21H26N2O3S. The van der Waals surface area contributed by atoms with Gasteiger partial charge in [-0.15, -0.1) is 0 Å². The SMILES string of the molecule is Cc1cc(C)cc(N([C@H](C)C(=O)N2c3ccccc3C[C@@H]2C)S(C)(=O)=O)c1. The second-order valence-corrected chi connectivity index (χ2v) is 9.33. The highest BCUT2D eigenvalue weighted by atomic mass is 32.2. The van der Waals surface area contributed by atoms with E-state index in [2.05, 4.69) is 0 Å². The van der Waals surface area contributed by atoms with Crippen molar-refractivity contribution in [2.24, 2.45) is 0 Å². The smallest absolute Gasteiger partial charge is 0.250 e. The van der Waals surface area contributed by atoms with Crippen LogP contribution in [0.1, 0.15) is 30.5 Å². The van der Waals surface area contributed by atoms with Crippen molar-refractivity contribution in [2.45, 2.75) is 46.2 Å². The highest BCUT2D eigenvalue weighted by Gasteiger charge is 2.37. The lowest BCUT2D eigenvalue weighted by Crippen LogP contribution is -2.51. The quantitative estimate of drug-likeness (QED) is 0.809. The first-order valence-electron chi connectivity index (χ1n) is 9.08. The van der Waals surface area contributed by atoms with E-state index in [4.69, 9.17) is 0 Å². The molecule has 2 atom stereocenters. The molecule has 3 rings (SSSR count). The molecule has 1 amide bonds. The average Bonchev–Trinajstić information content (AvgIpc) is 2.87. The minimum atomic E-state index is -3.63. The van der Waals surface area contributed by atoms with Crippen molar-refractivity contribution in [1.29, 1.82) is 0 Å². The summed E-state index contributed by atoms with van der Waals surface area (Å²) in [6.45, 7) is 7.49. The number of aryl methyl sites for hydroxylation is 2. The predicted molar refractivity (Wildman–Crippen MR) is 110 cm³/mol. The van der Waals surface area contributed by atoms with Crippen LogP contribution in [0.15, 0.2) is 42.5 Å². The fourth-order valence-electron chi connectivity index (χ4n) is 3.98. The molecule has 0 aliphatic carbocycles. The Hall–Kier alpha value is -2.34. The summed E-state index contributed by atoms with van der Waals surface area (Å²) >= 11 is 0. The summed E-state index contributed by atoms with van der Waals surface area (Å²) in [5.41, 5.74) is 4.42. The van der Waals surface area contributed by atoms with Crippen LogP contribution in [-0.4, -0.2) is 32.7 Å². The van der Waals surface area contributed by atoms with Gasteiger partial charge in [0.05, 0.1) is 11.9 Å². The average molecular weight is 387 g/mol. The Bertz CT molecular complexity index is 964. The van der Waals surface area contributed by atoms with Crippen LogP contribution in [0.25, 0.3) is 0 Å². The maximum Gasteiger partial charge on any atom is 0.250 e. The zero-order valence-electron chi connectivity index (χ0n) is 16.4. The largest absolute Gasteiger partial charge is 0.307 e. The molecule has 0 saturated carbocycles. The number of hydrogen-bond acceptors (Lipinski definition) is 3. The lowest BCUT2D eigenvalue weighted by Gasteiger charge is -2.33. The molecule has 0 saturated heterocycles. The number of para-hydroxylation sites is 1. The molecule has 0 N–H and O–H groups in total. The minimum absolute atomic E-state index is 0.00185. The number of amides is 1. The molecule has 1 aliphatic heterocycles. The number of sulfonamides is 1. The number of carbonyl (C=O) groups is 1. The normalized spacial score (nSPS) is 17.5. The summed E-state index contributed by atoms with van der Waals surface area (Å²) < 4.78 is 26.4. The van der Waals surface area contributed by atoms with Gasteiger partial charge < -0.3 is 4.90 Å². The van der Waals surface area contributed by atoms with Crippen LogP contribution in [0.5, 0.6) is 0 Å². The number of hydrogen-bond donors (Lipinski definition) is 0. The van der Waals surface area contributed by atoms with Crippen molar-refractivity contribution in [3.05, 3.63) is 59.2 Å². The van der Waals surface area contributed by atoms with Crippen molar-refractivity contribution in [2.75, 3.05) is 15.5 Å². The zero-order valence-corrected chi connectivity index (χ0v) is 17.2. The number of fused-ring (bicyclic) bond motifs is 1. The van der Waals surface area contributed by atoms with Crippen LogP contribution in [0.4, 0.5) is 11.4 Å². The summed E-state index contributed by atoms with van der Waals surface area (Å²) in [6, 6.07) is 12.6. The van der Waals surface area contributed by atoms with Crippen molar-refractivity contribution in [1.82, 2.24) is 0 Å². The van der Waals surface area contributed by atoms with E-state index < -0.39 is 16.1 Å². The summed E-state index contributed by atoms with van der Waals surface area (Å²) in [5, 5.41) is 0. The van der Waals surface area contributed by atoms with E-state index in [0.29, 0.717) is 5.69 Å². The third kappa shape index (κ3) is 3.72. The molecule has 5 nitrogen and oxygen atoms in total. The van der Waals surface area contributed by atoms with E-state index in [0.717, 1.165) is 35.1 Å². The van der Waals surface area contributed by atoms with Gasteiger partial charge in [-0.05, 0) is 69.0 Å². The summed E-state index contributed by atoms with van der Waals surface area (Å²) in [7, 11) is -3.63. The molecular weight excluding hydrogens is 360 g/mol. The summed E-state index contributed by atoms with van der Waals surface area (Å²) in [4.78, 5) is 15.1. The van der Waals surface area contributed by atoms with Gasteiger partial charge >= 0.3 is 0 Å². The van der Waals surface area contributed by atoms with E-state index in [1.807, 2.05) is 51.1 Å². The van der Waals surface area contributed by atoms with Gasteiger partial charge in [0, 0.05) is 11.7 Å². The Morgan fingerprint density at radius 3 is 2.33 bits per heavy atom. The van der Waals surface area contributed by atoms with Crippen molar-refractivity contribution < 1.29 is 13.2 Å². The van der Waals surface area contributed by atoms with E-state index in [9.17, 15) is 13.2 Å². The van der Waals surface area contributed by atoms with Crippen LogP contribution in [0.3, 0.4) is 0 Å². The predicted octanol–water partition coefficient (Wildman–Crippen LogP) is 3.44. The third-order valence-electron chi connectivity index (χ3n) is 4.97. The molecule has 2 aromatic carbocycles. The van der Waals surface area contributed by atoms with Crippen LogP contribution < -0.4 is 9.21 Å². The number of carbonyl (C=O) groups excluding carboxylic acids is 1. The molecule has 1 aliphatic rings. The highest BCUT2D eigenvalue weighted by Crippen LogP contribution is 2.34. The summed E-state index contributed by atoms with van der Waals surface area (Å²) in [6.07, 6.45) is 1.92. The van der Waals surface area contributed by atoms with E-state index in [1.165, 1.54) is 4.31 Å². The molecule has 0 unspecified atom stereocenters. The Kier molecular flexibility index (Phi) is 5.04. The molecule has 144 valence electrons. The van der Waals surface area contributed by atoms with Crippen LogP contribution in [-0.2, 0) is 21.2 Å². The van der Waals surface area contributed by atoms with E-state index in [-0.39, 0.29) is 11.9 Å². The lowest BCUT2D eigenvalue weighted by molar-refractivity contribution is -0.119. The first-order valence-corrected chi connectivity index (χ1v) is 10.9. The van der Waals surface area contributed by atoms with Crippen molar-refractivity contribution in [3.8, 4) is 0 Å². The molecule has 2 aromatic rings. The standard InChI is InChI=1S/C21H26N2O3S/c1-14-10-15(2)12-19(11-14)23(27(5,25)26)17(4)21(24)22-16(3)13-18-8-6-7-9-20(18)22/h6-12,16-17H,13H2,1-5H3/t16-,17+/m0/s1. The van der Waals surface area contributed by atoms with Crippen LogP contribution in [0, 0.1) is 13.8 Å². The fourth-order valence-corrected chi connectivity index (χ4v) is 5.14. The van der Waals surface area contributed by atoms with E-state index >= 15 is 0 Å². The van der Waals surface area contributed by atoms with Gasteiger partial charge in [-0.2, -0.15) is 0 Å². The lowest BCUT2D eigenvalue weighted by atomic mass is 10.1. The van der Waals surface area contributed by atoms with Gasteiger partial charge in [-0.25, -0.2) is 8.42 Å². The van der Waals surface area contributed by atoms with E-state index in [1.54, 1.807) is 24.0 Å². The topological polar surface area (TPSA) is 57.7 Å². The first kappa shape index (κ1) is 19.4. The Morgan fingerprint density at radius 1 is 1.15 bits per heavy atom. The monoisotopic (exact) mass is 386 g/mol. The molecule has 1 heterocycles. The van der Waals surface area contributed by atoms with Gasteiger partial charge in [0.2, 0.25) is 10.0 Å². The number of benzene rings is 2. The fraction of sp³-hybridized carbons (Fsp3) is 0.381. The minimum Gasteiger partial charge on any atom is -0.307 e. The van der Waals surface area contributed by atoms with Crippen molar-refractivity contribution >= 4 is 27.3 Å². The maximum absolute atomic E-state index is 13.4. The first-order chi connectivity index (χ1) is 12.6. The molecule has 0 bridgehead atoms. The molecule has 0 spiro atoms. The molecule has 0 aromatic heterocycles. The number of anilines is 2. The molecule has 6 heteroatoms. The number of rotatable bonds is 4. The van der Waals surface area contributed by atoms with Crippen LogP contribution >= 0.6 is 0 Å². The van der Waals surface area contributed by atoms with Gasteiger partial charge in [0.15, 0.2) is 0 Å². The molecule has 27 heavy (non-hydrogen) atoms. The van der Waals surface area contributed by atoms with Gasteiger partial charge in [0.1, 0.15) is 6.04 Å². The Morgan fingerprint density at radius 2 is 1.74 bits per heavy atom. The summed E-state index contributed by atoms with van der Waals surface area (Å²) in [5.74, 6) is -0.211.